The van der Waals surface area contributed by atoms with Gasteiger partial charge < -0.3 is 10.1 Å². The van der Waals surface area contributed by atoms with Crippen molar-refractivity contribution in [2.24, 2.45) is 0 Å². The van der Waals surface area contributed by atoms with Crippen LogP contribution in [0.1, 0.15) is 12.0 Å². The van der Waals surface area contributed by atoms with Gasteiger partial charge in [-0.1, -0.05) is 34.1 Å². The van der Waals surface area contributed by atoms with E-state index >= 15 is 0 Å². The maximum absolute atomic E-state index is 13.8. The molecule has 4 rings (SSSR count). The van der Waals surface area contributed by atoms with Crippen molar-refractivity contribution in [2.75, 3.05) is 22.8 Å². The summed E-state index contributed by atoms with van der Waals surface area (Å²) in [5.41, 5.74) is 1.76. The van der Waals surface area contributed by atoms with Crippen molar-refractivity contribution in [3.8, 4) is 5.75 Å². The standard InChI is InChI=1S/C23H20BrFN2O4S/c24-17-7-12-21(20(25)14-17)26-23(28)15-31-18-8-10-19(11-9-18)32(29,30)27-13-3-5-16-4-1-2-6-22(16)27/h1-2,4,6-12,14H,3,5,13,15H2,(H,26,28). The highest BCUT2D eigenvalue weighted by Crippen LogP contribution is 2.32. The lowest BCUT2D eigenvalue weighted by Gasteiger charge is -2.30. The number of para-hydroxylation sites is 1. The summed E-state index contributed by atoms with van der Waals surface area (Å²) in [7, 11) is -3.72. The predicted octanol–water partition coefficient (Wildman–Crippen LogP) is 4.75. The zero-order valence-corrected chi connectivity index (χ0v) is 19.3. The molecule has 9 heteroatoms. The van der Waals surface area contributed by atoms with E-state index in [1.165, 1.54) is 40.7 Å². The molecule has 1 amide bonds. The van der Waals surface area contributed by atoms with Gasteiger partial charge in [0.05, 0.1) is 16.3 Å². The summed E-state index contributed by atoms with van der Waals surface area (Å²) in [4.78, 5) is 12.2. The summed E-state index contributed by atoms with van der Waals surface area (Å²) in [6, 6.07) is 17.7. The third-order valence-corrected chi connectivity index (χ3v) is 7.38. The molecule has 0 saturated heterocycles. The number of hydrogen-bond acceptors (Lipinski definition) is 4. The largest absolute Gasteiger partial charge is 0.484 e. The number of ether oxygens (including phenoxy) is 1. The molecule has 0 aliphatic carbocycles. The number of fused-ring (bicyclic) bond motifs is 1. The van der Waals surface area contributed by atoms with Gasteiger partial charge in [0.25, 0.3) is 15.9 Å². The number of rotatable bonds is 6. The maximum Gasteiger partial charge on any atom is 0.264 e. The third kappa shape index (κ3) is 4.78. The van der Waals surface area contributed by atoms with Gasteiger partial charge in [-0.25, -0.2) is 12.8 Å². The lowest BCUT2D eigenvalue weighted by Crippen LogP contribution is -2.35. The van der Waals surface area contributed by atoms with E-state index in [1.54, 1.807) is 6.07 Å². The number of sulfonamides is 1. The second-order valence-corrected chi connectivity index (χ2v) is 10.0. The zero-order chi connectivity index (χ0) is 22.7. The van der Waals surface area contributed by atoms with Gasteiger partial charge in [0.2, 0.25) is 0 Å². The first-order chi connectivity index (χ1) is 15.3. The molecule has 0 saturated carbocycles. The molecule has 0 radical (unpaired) electrons. The Morgan fingerprint density at radius 3 is 2.59 bits per heavy atom. The maximum atomic E-state index is 13.8. The summed E-state index contributed by atoms with van der Waals surface area (Å²) in [6.45, 7) is 0.0749. The number of anilines is 2. The minimum atomic E-state index is -3.72. The van der Waals surface area contributed by atoms with Gasteiger partial charge in [0.15, 0.2) is 6.61 Å². The number of benzene rings is 3. The number of carbonyl (C=O) groups is 1. The highest BCUT2D eigenvalue weighted by atomic mass is 79.9. The molecule has 0 unspecified atom stereocenters. The summed E-state index contributed by atoms with van der Waals surface area (Å²) in [5.74, 6) is -0.774. The van der Waals surface area contributed by atoms with Crippen LogP contribution in [-0.2, 0) is 21.2 Å². The fourth-order valence-electron chi connectivity index (χ4n) is 3.51. The minimum absolute atomic E-state index is 0.0463. The van der Waals surface area contributed by atoms with Crippen LogP contribution in [0, 0.1) is 5.82 Å². The molecule has 1 N–H and O–H groups in total. The molecule has 166 valence electrons. The quantitative estimate of drug-likeness (QED) is 0.510. The van der Waals surface area contributed by atoms with Gasteiger partial charge in [0.1, 0.15) is 11.6 Å². The first-order valence-corrected chi connectivity index (χ1v) is 12.2. The fraction of sp³-hybridized carbons (Fsp3) is 0.174. The van der Waals surface area contributed by atoms with Gasteiger partial charge >= 0.3 is 0 Å². The number of halogens is 2. The Bertz CT molecular complexity index is 1250. The van der Waals surface area contributed by atoms with Crippen molar-refractivity contribution in [1.82, 2.24) is 0 Å². The van der Waals surface area contributed by atoms with Gasteiger partial charge in [-0.3, -0.25) is 9.10 Å². The molecule has 0 bridgehead atoms. The monoisotopic (exact) mass is 518 g/mol. The van der Waals surface area contributed by atoms with E-state index in [2.05, 4.69) is 21.2 Å². The predicted molar refractivity (Wildman–Crippen MR) is 124 cm³/mol. The average Bonchev–Trinajstić information content (AvgIpc) is 2.79. The van der Waals surface area contributed by atoms with Gasteiger partial charge in [-0.2, -0.15) is 0 Å². The molecule has 3 aromatic carbocycles. The number of nitrogens with one attached hydrogen (secondary N) is 1. The molecule has 0 fully saturated rings. The first kappa shape index (κ1) is 22.3. The van der Waals surface area contributed by atoms with E-state index in [0.717, 1.165) is 18.4 Å². The summed E-state index contributed by atoms with van der Waals surface area (Å²) in [6.07, 6.45) is 1.60. The van der Waals surface area contributed by atoms with Crippen molar-refractivity contribution < 1.29 is 22.3 Å². The van der Waals surface area contributed by atoms with Crippen LogP contribution in [-0.4, -0.2) is 27.5 Å². The van der Waals surface area contributed by atoms with E-state index in [4.69, 9.17) is 4.74 Å². The first-order valence-electron chi connectivity index (χ1n) is 9.93. The second-order valence-electron chi connectivity index (χ2n) is 7.24. The van der Waals surface area contributed by atoms with Crippen LogP contribution in [0.25, 0.3) is 0 Å². The van der Waals surface area contributed by atoms with Crippen LogP contribution in [0.15, 0.2) is 76.1 Å². The number of carbonyl (C=O) groups excluding carboxylic acids is 1. The summed E-state index contributed by atoms with van der Waals surface area (Å²) < 4.78 is 47.6. The van der Waals surface area contributed by atoms with Crippen LogP contribution in [0.4, 0.5) is 15.8 Å². The Labute approximate surface area is 194 Å². The molecular weight excluding hydrogens is 499 g/mol. The Hall–Kier alpha value is -2.91. The molecule has 0 atom stereocenters. The number of hydrogen-bond donors (Lipinski definition) is 1. The molecule has 0 aromatic heterocycles. The zero-order valence-electron chi connectivity index (χ0n) is 16.9. The molecule has 32 heavy (non-hydrogen) atoms. The highest BCUT2D eigenvalue weighted by Gasteiger charge is 2.28. The van der Waals surface area contributed by atoms with Crippen molar-refractivity contribution in [3.05, 3.63) is 82.6 Å². The number of aryl methyl sites for hydroxylation is 1. The summed E-state index contributed by atoms with van der Waals surface area (Å²) in [5, 5.41) is 2.43. The van der Waals surface area contributed by atoms with E-state index in [1.807, 2.05) is 24.3 Å². The van der Waals surface area contributed by atoms with Crippen LogP contribution >= 0.6 is 15.9 Å². The van der Waals surface area contributed by atoms with E-state index < -0.39 is 21.7 Å². The average molecular weight is 519 g/mol. The van der Waals surface area contributed by atoms with E-state index in [0.29, 0.717) is 22.5 Å². The van der Waals surface area contributed by atoms with Crippen LogP contribution in [0.2, 0.25) is 0 Å². The fourth-order valence-corrected chi connectivity index (χ4v) is 5.38. The van der Waals surface area contributed by atoms with Crippen LogP contribution < -0.4 is 14.4 Å². The molecule has 0 spiro atoms. The Morgan fingerprint density at radius 1 is 1.09 bits per heavy atom. The van der Waals surface area contributed by atoms with Crippen molar-refractivity contribution in [2.45, 2.75) is 17.7 Å². The minimum Gasteiger partial charge on any atom is -0.484 e. The Morgan fingerprint density at radius 2 is 1.84 bits per heavy atom. The molecule has 1 aliphatic rings. The van der Waals surface area contributed by atoms with Crippen LogP contribution in [0.3, 0.4) is 0 Å². The van der Waals surface area contributed by atoms with E-state index in [9.17, 15) is 17.6 Å². The normalized spacial score (nSPS) is 13.4. The second kappa shape index (κ2) is 9.30. The Balaban J connectivity index is 1.41. The molecule has 3 aromatic rings. The molecule has 6 nitrogen and oxygen atoms in total. The summed E-state index contributed by atoms with van der Waals surface area (Å²) >= 11 is 3.15. The van der Waals surface area contributed by atoms with E-state index in [-0.39, 0.29) is 17.2 Å². The van der Waals surface area contributed by atoms with Gasteiger partial charge in [0, 0.05) is 11.0 Å². The lowest BCUT2D eigenvalue weighted by atomic mass is 10.0. The number of nitrogens with zero attached hydrogens (tertiary/aromatic N) is 1. The SMILES string of the molecule is O=C(COc1ccc(S(=O)(=O)N2CCCc3ccccc32)cc1)Nc1ccc(Br)cc1F. The molecular formula is C23H20BrFN2O4S. The lowest BCUT2D eigenvalue weighted by molar-refractivity contribution is -0.118. The van der Waals surface area contributed by atoms with Crippen molar-refractivity contribution in [3.63, 3.8) is 0 Å². The Kier molecular flexibility index (Phi) is 6.48. The number of amides is 1. The smallest absolute Gasteiger partial charge is 0.264 e. The van der Waals surface area contributed by atoms with Gasteiger partial charge in [-0.05, 0) is 66.9 Å². The molecule has 1 aliphatic heterocycles. The third-order valence-electron chi connectivity index (χ3n) is 5.05. The van der Waals surface area contributed by atoms with Gasteiger partial charge in [-0.15, -0.1) is 0 Å². The van der Waals surface area contributed by atoms with Crippen molar-refractivity contribution >= 4 is 43.2 Å². The molecule has 1 heterocycles. The van der Waals surface area contributed by atoms with Crippen LogP contribution in [0.5, 0.6) is 5.75 Å². The highest BCUT2D eigenvalue weighted by molar-refractivity contribution is 9.10. The van der Waals surface area contributed by atoms with Crippen molar-refractivity contribution in [1.29, 1.82) is 0 Å². The topological polar surface area (TPSA) is 75.7 Å².